The standard InChI is InChI=1S/C44H71N15O8/c1-25(2)19-31(38(62)58-34(20-26(3)4)41(65)59-18-10-15-35(59)42(66)67)55-40(64)33(22-28-23-50-24-53-28)57-39(63)32(21-27-11-6-5-7-12-27)56-37(61)30(14-9-17-52-44(48)49)54-36(60)29(45)13-8-16-51-43(46)47/h5-7,11-12,23-26,29-35H,8-10,13-22,45H2,1-4H3,(H,50,53)(H,54,60)(H,55,64)(H,56,61)(H,57,63)(H,58,62)(H,66,67)(H4,46,47,51)(H4,48,49,52)/t29-,30-,31-,32-,33-,34-,35-/m0/s1. The number of nitrogens with two attached hydrogens (primary N) is 5. The highest BCUT2D eigenvalue weighted by molar-refractivity contribution is 5.97. The van der Waals surface area contributed by atoms with Crippen LogP contribution in [-0.2, 0) is 46.4 Å². The predicted octanol–water partition coefficient (Wildman–Crippen LogP) is -1.78. The van der Waals surface area contributed by atoms with Crippen molar-refractivity contribution in [2.24, 2.45) is 50.5 Å². The van der Waals surface area contributed by atoms with Gasteiger partial charge in [-0.05, 0) is 68.8 Å². The van der Waals surface area contributed by atoms with E-state index in [4.69, 9.17) is 28.7 Å². The molecule has 2 heterocycles. The predicted molar refractivity (Wildman–Crippen MR) is 251 cm³/mol. The Bertz CT molecular complexity index is 1990. The van der Waals surface area contributed by atoms with Crippen molar-refractivity contribution in [2.75, 3.05) is 19.6 Å². The fraction of sp³-hybridized carbons (Fsp3) is 0.591. The molecule has 3 rings (SSSR count). The summed E-state index contributed by atoms with van der Waals surface area (Å²) in [5.74, 6) is -5.60. The van der Waals surface area contributed by atoms with Gasteiger partial charge >= 0.3 is 5.97 Å². The number of aromatic amines is 1. The molecule has 2 aromatic rings. The molecule has 370 valence electrons. The van der Waals surface area contributed by atoms with Crippen LogP contribution in [0, 0.1) is 11.8 Å². The van der Waals surface area contributed by atoms with Gasteiger partial charge in [0.1, 0.15) is 36.3 Å². The van der Waals surface area contributed by atoms with Crippen LogP contribution in [0.15, 0.2) is 52.8 Å². The average Bonchev–Trinajstić information content (AvgIpc) is 3.98. The van der Waals surface area contributed by atoms with Gasteiger partial charge in [0.25, 0.3) is 0 Å². The van der Waals surface area contributed by atoms with Crippen LogP contribution in [0.3, 0.4) is 0 Å². The number of likely N-dealkylation sites (tertiary alicyclic amines) is 1. The summed E-state index contributed by atoms with van der Waals surface area (Å²) < 4.78 is 0. The fourth-order valence-corrected chi connectivity index (χ4v) is 7.56. The molecular formula is C44H71N15O8. The maximum absolute atomic E-state index is 14.5. The maximum Gasteiger partial charge on any atom is 0.326 e. The largest absolute Gasteiger partial charge is 0.480 e. The number of aliphatic carboxylic acids is 1. The number of nitrogens with zero attached hydrogens (tertiary/aromatic N) is 4. The molecule has 0 unspecified atom stereocenters. The molecule has 1 aromatic carbocycles. The molecule has 1 aromatic heterocycles. The summed E-state index contributed by atoms with van der Waals surface area (Å²) >= 11 is 0. The second-order valence-electron chi connectivity index (χ2n) is 17.6. The van der Waals surface area contributed by atoms with E-state index in [0.717, 1.165) is 0 Å². The Kier molecular flexibility index (Phi) is 22.5. The molecule has 0 bridgehead atoms. The first-order chi connectivity index (χ1) is 31.7. The van der Waals surface area contributed by atoms with E-state index in [1.165, 1.54) is 17.4 Å². The molecule has 0 spiro atoms. The van der Waals surface area contributed by atoms with E-state index >= 15 is 0 Å². The van der Waals surface area contributed by atoms with E-state index in [-0.39, 0.29) is 88.3 Å². The van der Waals surface area contributed by atoms with Crippen molar-refractivity contribution in [1.82, 2.24) is 41.5 Å². The Morgan fingerprint density at radius 3 is 1.78 bits per heavy atom. The molecule has 23 nitrogen and oxygen atoms in total. The minimum absolute atomic E-state index is 0.0286. The van der Waals surface area contributed by atoms with Gasteiger partial charge in [0.05, 0.1) is 12.4 Å². The Morgan fingerprint density at radius 2 is 1.22 bits per heavy atom. The lowest BCUT2D eigenvalue weighted by Gasteiger charge is -2.30. The van der Waals surface area contributed by atoms with Gasteiger partial charge in [-0.25, -0.2) is 9.78 Å². The lowest BCUT2D eigenvalue weighted by Crippen LogP contribution is -2.60. The second kappa shape index (κ2) is 27.6. The number of aromatic nitrogens is 2. The number of carboxylic acid groups (broad SMARTS) is 1. The van der Waals surface area contributed by atoms with E-state index in [1.807, 2.05) is 27.7 Å². The molecule has 17 N–H and O–H groups in total. The normalized spacial score (nSPS) is 16.1. The molecule has 1 fully saturated rings. The molecule has 6 amide bonds. The van der Waals surface area contributed by atoms with Crippen LogP contribution in [0.4, 0.5) is 0 Å². The summed E-state index contributed by atoms with van der Waals surface area (Å²) in [5.41, 5.74) is 29.1. The number of guanidine groups is 2. The van der Waals surface area contributed by atoms with Crippen LogP contribution in [0.2, 0.25) is 0 Å². The number of rotatable bonds is 28. The van der Waals surface area contributed by atoms with Crippen molar-refractivity contribution in [3.05, 3.63) is 54.1 Å². The van der Waals surface area contributed by atoms with Crippen molar-refractivity contribution >= 4 is 53.3 Å². The van der Waals surface area contributed by atoms with Crippen LogP contribution in [0.25, 0.3) is 0 Å². The molecule has 7 atom stereocenters. The van der Waals surface area contributed by atoms with Gasteiger partial charge in [-0.15, -0.1) is 0 Å². The quantitative estimate of drug-likeness (QED) is 0.0255. The molecule has 0 aliphatic carbocycles. The van der Waals surface area contributed by atoms with Crippen molar-refractivity contribution in [3.8, 4) is 0 Å². The third-order valence-electron chi connectivity index (χ3n) is 10.9. The van der Waals surface area contributed by atoms with Gasteiger partial charge in [-0.1, -0.05) is 58.0 Å². The van der Waals surface area contributed by atoms with Crippen molar-refractivity contribution in [2.45, 2.75) is 134 Å². The zero-order valence-electron chi connectivity index (χ0n) is 38.9. The summed E-state index contributed by atoms with van der Waals surface area (Å²) in [7, 11) is 0. The number of carbonyl (C=O) groups excluding carboxylic acids is 6. The van der Waals surface area contributed by atoms with E-state index in [9.17, 15) is 38.7 Å². The van der Waals surface area contributed by atoms with Crippen molar-refractivity contribution in [3.63, 3.8) is 0 Å². The van der Waals surface area contributed by atoms with Crippen LogP contribution in [0.5, 0.6) is 0 Å². The van der Waals surface area contributed by atoms with E-state index in [2.05, 4.69) is 46.5 Å². The van der Waals surface area contributed by atoms with E-state index in [0.29, 0.717) is 30.5 Å². The number of hydrogen-bond donors (Lipinski definition) is 12. The monoisotopic (exact) mass is 938 g/mol. The number of H-pyrrole nitrogens is 1. The minimum atomic E-state index is -1.33. The zero-order valence-corrected chi connectivity index (χ0v) is 38.9. The molecule has 67 heavy (non-hydrogen) atoms. The van der Waals surface area contributed by atoms with Gasteiger partial charge in [-0.3, -0.25) is 38.8 Å². The summed E-state index contributed by atoms with van der Waals surface area (Å²) in [6.07, 6.45) is 4.81. The van der Waals surface area contributed by atoms with Gasteiger partial charge in [0, 0.05) is 44.4 Å². The molecule has 1 aliphatic rings. The molecule has 23 heteroatoms. The van der Waals surface area contributed by atoms with Crippen LogP contribution in [-0.4, -0.2) is 135 Å². The van der Waals surface area contributed by atoms with Crippen molar-refractivity contribution in [1.29, 1.82) is 0 Å². The van der Waals surface area contributed by atoms with E-state index in [1.54, 1.807) is 30.3 Å². The number of amides is 6. The summed E-state index contributed by atoms with van der Waals surface area (Å²) in [6.45, 7) is 8.06. The smallest absolute Gasteiger partial charge is 0.326 e. The molecule has 1 aliphatic heterocycles. The molecule has 0 saturated carbocycles. The molecule has 0 radical (unpaired) electrons. The lowest BCUT2D eigenvalue weighted by atomic mass is 9.99. The Hall–Kier alpha value is -6.78. The van der Waals surface area contributed by atoms with Crippen LogP contribution >= 0.6 is 0 Å². The van der Waals surface area contributed by atoms with Gasteiger partial charge in [0.2, 0.25) is 35.4 Å². The Labute approximate surface area is 391 Å². The summed E-state index contributed by atoms with van der Waals surface area (Å²) in [5, 5.41) is 23.6. The molecule has 1 saturated heterocycles. The average molecular weight is 938 g/mol. The first kappa shape index (κ1) is 54.6. The van der Waals surface area contributed by atoms with Gasteiger partial charge in [-0.2, -0.15) is 0 Å². The van der Waals surface area contributed by atoms with Crippen LogP contribution in [0.1, 0.15) is 90.3 Å². The first-order valence-corrected chi connectivity index (χ1v) is 22.7. The Morgan fingerprint density at radius 1 is 0.716 bits per heavy atom. The van der Waals surface area contributed by atoms with Crippen LogP contribution < -0.4 is 55.3 Å². The highest BCUT2D eigenvalue weighted by Gasteiger charge is 2.39. The number of carbonyl (C=O) groups is 7. The number of imidazole rings is 1. The van der Waals surface area contributed by atoms with E-state index < -0.39 is 83.7 Å². The minimum Gasteiger partial charge on any atom is -0.480 e. The zero-order chi connectivity index (χ0) is 49.6. The first-order valence-electron chi connectivity index (χ1n) is 22.7. The number of hydrogen-bond acceptors (Lipinski definition) is 11. The number of benzene rings is 1. The second-order valence-corrected chi connectivity index (χ2v) is 17.6. The van der Waals surface area contributed by atoms with Crippen molar-refractivity contribution < 1.29 is 38.7 Å². The Balaban J connectivity index is 1.91. The SMILES string of the molecule is CC(C)C[C@H](NC(=O)[C@H](Cc1cnc[nH]1)NC(=O)[C@H](Cc1ccccc1)NC(=O)[C@H](CCCN=C(N)N)NC(=O)[C@@H](N)CCCN=C(N)N)C(=O)N[C@@H](CC(C)C)C(=O)N1CCC[C@H]1C(=O)O. The highest BCUT2D eigenvalue weighted by atomic mass is 16.4. The fourth-order valence-electron chi connectivity index (χ4n) is 7.56. The molecular weight excluding hydrogens is 867 g/mol. The van der Waals surface area contributed by atoms with Gasteiger partial charge < -0.3 is 70.2 Å². The van der Waals surface area contributed by atoms with Gasteiger partial charge in [0.15, 0.2) is 11.9 Å². The highest BCUT2D eigenvalue weighted by Crippen LogP contribution is 2.21. The third kappa shape index (κ3) is 19.3. The topological polar surface area (TPSA) is 387 Å². The summed E-state index contributed by atoms with van der Waals surface area (Å²) in [6, 6.07) is 0.741. The lowest BCUT2D eigenvalue weighted by molar-refractivity contribution is -0.149. The number of carboxylic acids is 1. The third-order valence-corrected chi connectivity index (χ3v) is 10.9. The maximum atomic E-state index is 14.5. The number of nitrogens with one attached hydrogen (secondary N) is 6. The summed E-state index contributed by atoms with van der Waals surface area (Å²) in [4.78, 5) is 112. The number of aliphatic imine (C=N–C) groups is 2.